The van der Waals surface area contributed by atoms with Crippen molar-refractivity contribution in [2.24, 2.45) is 11.8 Å². The van der Waals surface area contributed by atoms with Gasteiger partial charge in [0.05, 0.1) is 24.3 Å². The highest BCUT2D eigenvalue weighted by molar-refractivity contribution is 5.90. The summed E-state index contributed by atoms with van der Waals surface area (Å²) in [6.07, 6.45) is -11.8. The van der Waals surface area contributed by atoms with Gasteiger partial charge in [-0.2, -0.15) is 26.3 Å². The third kappa shape index (κ3) is 6.15. The molecule has 2 aromatic rings. The van der Waals surface area contributed by atoms with Crippen molar-refractivity contribution in [3.05, 3.63) is 70.8 Å². The molecule has 0 aliphatic heterocycles. The summed E-state index contributed by atoms with van der Waals surface area (Å²) in [6.45, 7) is 6.77. The molecule has 0 spiro atoms. The van der Waals surface area contributed by atoms with Gasteiger partial charge in [0.15, 0.2) is 0 Å². The van der Waals surface area contributed by atoms with Crippen LogP contribution in [-0.2, 0) is 14.9 Å². The summed E-state index contributed by atoms with van der Waals surface area (Å²) in [7, 11) is 0. The molecule has 0 fully saturated rings. The molecule has 2 rings (SSSR count). The molecular weight excluding hydrogens is 478 g/mol. The zero-order valence-corrected chi connectivity index (χ0v) is 19.6. The molecule has 0 saturated heterocycles. The van der Waals surface area contributed by atoms with Crippen LogP contribution in [0.25, 0.3) is 0 Å². The Bertz CT molecular complexity index is 957. The number of carbonyl (C=O) groups is 2. The van der Waals surface area contributed by atoms with Crippen LogP contribution < -0.4 is 0 Å². The fourth-order valence-corrected chi connectivity index (χ4v) is 3.39. The first kappa shape index (κ1) is 28.2. The summed E-state index contributed by atoms with van der Waals surface area (Å²) in [6, 6.07) is 6.32. The van der Waals surface area contributed by atoms with Crippen LogP contribution in [-0.4, -0.2) is 37.5 Å². The first-order valence-corrected chi connectivity index (χ1v) is 10.8. The van der Waals surface area contributed by atoms with Crippen molar-refractivity contribution in [2.45, 2.75) is 45.5 Å². The Kier molecular flexibility index (Phi) is 8.62. The highest BCUT2D eigenvalue weighted by Crippen LogP contribution is 2.56. The molecule has 0 saturated carbocycles. The summed E-state index contributed by atoms with van der Waals surface area (Å²) < 4.78 is 96.7. The lowest BCUT2D eigenvalue weighted by atomic mass is 9.72. The second-order valence-electron chi connectivity index (χ2n) is 8.89. The molecule has 192 valence electrons. The topological polar surface area (TPSA) is 52.6 Å². The minimum absolute atomic E-state index is 0.0622. The largest absolute Gasteiger partial charge is 0.462 e. The van der Waals surface area contributed by atoms with E-state index in [2.05, 4.69) is 0 Å². The number of carbonyl (C=O) groups excluding carboxylic acids is 2. The molecule has 0 radical (unpaired) electrons. The molecule has 35 heavy (non-hydrogen) atoms. The Balaban J connectivity index is 2.71. The van der Waals surface area contributed by atoms with Crippen LogP contribution in [0.15, 0.2) is 48.5 Å². The Morgan fingerprint density at radius 2 is 1.03 bits per heavy atom. The van der Waals surface area contributed by atoms with Crippen molar-refractivity contribution in [1.29, 1.82) is 0 Å². The lowest BCUT2D eigenvalue weighted by molar-refractivity contribution is -0.288. The van der Waals surface area contributed by atoms with E-state index in [-0.39, 0.29) is 25.0 Å². The zero-order chi connectivity index (χ0) is 26.6. The Morgan fingerprint density at radius 3 is 1.31 bits per heavy atom. The molecule has 0 N–H and O–H groups in total. The van der Waals surface area contributed by atoms with E-state index in [4.69, 9.17) is 9.47 Å². The van der Waals surface area contributed by atoms with Gasteiger partial charge in [-0.15, -0.1) is 0 Å². The second kappa shape index (κ2) is 10.7. The Morgan fingerprint density at radius 1 is 0.686 bits per heavy atom. The number of rotatable bonds is 8. The van der Waals surface area contributed by atoms with E-state index in [0.717, 1.165) is 24.3 Å². The summed E-state index contributed by atoms with van der Waals surface area (Å²) in [4.78, 5) is 24.6. The summed E-state index contributed by atoms with van der Waals surface area (Å²) >= 11 is 0. The number of alkyl halides is 6. The molecule has 0 bridgehead atoms. The van der Waals surface area contributed by atoms with Crippen LogP contribution in [0.4, 0.5) is 26.3 Å². The molecule has 4 nitrogen and oxygen atoms in total. The second-order valence-corrected chi connectivity index (χ2v) is 8.89. The van der Waals surface area contributed by atoms with Gasteiger partial charge in [0.2, 0.25) is 5.41 Å². The van der Waals surface area contributed by atoms with Gasteiger partial charge in [-0.3, -0.25) is 0 Å². The van der Waals surface area contributed by atoms with E-state index in [1.54, 1.807) is 27.7 Å². The van der Waals surface area contributed by atoms with Gasteiger partial charge in [-0.1, -0.05) is 52.0 Å². The van der Waals surface area contributed by atoms with Crippen molar-refractivity contribution in [2.75, 3.05) is 13.2 Å². The van der Waals surface area contributed by atoms with Crippen molar-refractivity contribution in [3.63, 3.8) is 0 Å². The monoisotopic (exact) mass is 504 g/mol. The van der Waals surface area contributed by atoms with Crippen LogP contribution in [0.5, 0.6) is 0 Å². The third-order valence-corrected chi connectivity index (χ3v) is 5.01. The van der Waals surface area contributed by atoms with E-state index in [0.29, 0.717) is 24.3 Å². The van der Waals surface area contributed by atoms with Gasteiger partial charge in [-0.25, -0.2) is 9.59 Å². The van der Waals surface area contributed by atoms with Crippen molar-refractivity contribution < 1.29 is 45.4 Å². The van der Waals surface area contributed by atoms with Crippen molar-refractivity contribution >= 4 is 11.9 Å². The molecule has 0 aliphatic rings. The SMILES string of the molecule is CC(C)COC(=O)c1cccc(C(c2cccc(C(=O)OCC(C)C)c2)(C(F)(F)F)C(F)(F)F)c1. The highest BCUT2D eigenvalue weighted by Gasteiger charge is 2.72. The Labute approximate surface area is 199 Å². The fraction of sp³-hybridized carbons (Fsp3) is 0.440. The number of hydrogen-bond donors (Lipinski definition) is 0. The van der Waals surface area contributed by atoms with Gasteiger partial charge in [0.1, 0.15) is 0 Å². The molecule has 10 heteroatoms. The molecule has 0 atom stereocenters. The van der Waals surface area contributed by atoms with E-state index < -0.39 is 52.0 Å². The fourth-order valence-electron chi connectivity index (χ4n) is 3.39. The zero-order valence-electron chi connectivity index (χ0n) is 19.6. The van der Waals surface area contributed by atoms with Crippen LogP contribution in [0, 0.1) is 11.8 Å². The summed E-state index contributed by atoms with van der Waals surface area (Å²) in [5.74, 6) is -2.29. The smallest absolute Gasteiger partial charge is 0.411 e. The Hall–Kier alpha value is -3.04. The molecule has 2 aromatic carbocycles. The minimum atomic E-state index is -5.88. The predicted molar refractivity (Wildman–Crippen MR) is 116 cm³/mol. The highest BCUT2D eigenvalue weighted by atomic mass is 19.4. The van der Waals surface area contributed by atoms with Gasteiger partial charge < -0.3 is 9.47 Å². The number of ether oxygens (including phenoxy) is 2. The third-order valence-electron chi connectivity index (χ3n) is 5.01. The summed E-state index contributed by atoms with van der Waals surface area (Å²) in [5, 5.41) is 0. The normalized spacial score (nSPS) is 12.7. The van der Waals surface area contributed by atoms with E-state index in [9.17, 15) is 35.9 Å². The number of hydrogen-bond acceptors (Lipinski definition) is 4. The van der Waals surface area contributed by atoms with Crippen LogP contribution in [0.2, 0.25) is 0 Å². The minimum Gasteiger partial charge on any atom is -0.462 e. The molecular formula is C25H26F6O4. The predicted octanol–water partition coefficient (Wildman–Crippen LogP) is 6.72. The van der Waals surface area contributed by atoms with E-state index in [1.807, 2.05) is 0 Å². The maximum Gasteiger partial charge on any atom is 0.411 e. The van der Waals surface area contributed by atoms with Gasteiger partial charge >= 0.3 is 24.3 Å². The maximum atomic E-state index is 14.5. The molecule has 0 amide bonds. The van der Waals surface area contributed by atoms with Crippen LogP contribution in [0.1, 0.15) is 59.5 Å². The summed E-state index contributed by atoms with van der Waals surface area (Å²) in [5.41, 5.74) is -7.92. The average molecular weight is 504 g/mol. The van der Waals surface area contributed by atoms with E-state index in [1.165, 1.54) is 0 Å². The van der Waals surface area contributed by atoms with Gasteiger partial charge in [0.25, 0.3) is 0 Å². The van der Waals surface area contributed by atoms with Crippen molar-refractivity contribution in [3.8, 4) is 0 Å². The lowest BCUT2D eigenvalue weighted by Crippen LogP contribution is -2.54. The first-order chi connectivity index (χ1) is 16.1. The quantitative estimate of drug-likeness (QED) is 0.296. The van der Waals surface area contributed by atoms with Crippen molar-refractivity contribution in [1.82, 2.24) is 0 Å². The number of halogens is 6. The van der Waals surface area contributed by atoms with Crippen LogP contribution >= 0.6 is 0 Å². The number of benzene rings is 2. The molecule has 0 aliphatic carbocycles. The molecule has 0 heterocycles. The average Bonchev–Trinajstić information content (AvgIpc) is 2.74. The van der Waals surface area contributed by atoms with Crippen LogP contribution in [0.3, 0.4) is 0 Å². The first-order valence-electron chi connectivity index (χ1n) is 10.8. The van der Waals surface area contributed by atoms with Gasteiger partial charge in [-0.05, 0) is 47.2 Å². The molecule has 0 unspecified atom stereocenters. The lowest BCUT2D eigenvalue weighted by Gasteiger charge is -2.38. The van der Waals surface area contributed by atoms with E-state index >= 15 is 0 Å². The number of esters is 2. The van der Waals surface area contributed by atoms with Gasteiger partial charge in [0, 0.05) is 0 Å². The maximum absolute atomic E-state index is 14.5. The molecule has 0 aromatic heterocycles. The standard InChI is InChI=1S/C25H26F6O4/c1-15(2)13-34-21(32)17-7-5-9-19(11-17)23(24(26,27)28,25(29,30)31)20-10-6-8-18(12-20)22(33)35-14-16(3)4/h5-12,15-16H,13-14H2,1-4H3.